The topological polar surface area (TPSA) is 35.5 Å². The van der Waals surface area contributed by atoms with Gasteiger partial charge in [-0.25, -0.2) is 0 Å². The van der Waals surface area contributed by atoms with Gasteiger partial charge in [-0.2, -0.15) is 0 Å². The first kappa shape index (κ1) is 16.9. The average Bonchev–Trinajstić information content (AvgIpc) is 2.23. The Morgan fingerprint density at radius 2 is 1.71 bits per heavy atom. The molecule has 0 aromatic heterocycles. The molecule has 0 radical (unpaired) electrons. The number of aliphatic hydroxyl groups is 1. The predicted molar refractivity (Wildman–Crippen MR) is 75.3 cm³/mol. The summed E-state index contributed by atoms with van der Waals surface area (Å²) in [5.41, 5.74) is -0.168. The van der Waals surface area contributed by atoms with Crippen LogP contribution < -0.4 is 5.32 Å². The maximum absolute atomic E-state index is 9.51. The molecule has 3 heteroatoms. The second-order valence-electron chi connectivity index (χ2n) is 6.23. The summed E-state index contributed by atoms with van der Waals surface area (Å²) in [7, 11) is 2.16. The van der Waals surface area contributed by atoms with Crippen molar-refractivity contribution >= 4 is 0 Å². The molecule has 2 N–H and O–H groups in total. The van der Waals surface area contributed by atoms with Gasteiger partial charge in [-0.05, 0) is 39.8 Å². The molecule has 0 aromatic rings. The van der Waals surface area contributed by atoms with Gasteiger partial charge in [0, 0.05) is 17.6 Å². The minimum Gasteiger partial charge on any atom is -0.394 e. The Hall–Kier alpha value is -0.120. The molecule has 0 heterocycles. The summed E-state index contributed by atoms with van der Waals surface area (Å²) in [6.45, 7) is 14.3. The zero-order valence-corrected chi connectivity index (χ0v) is 12.7. The molecule has 0 amide bonds. The summed E-state index contributed by atoms with van der Waals surface area (Å²) in [5, 5.41) is 13.0. The zero-order valence-electron chi connectivity index (χ0n) is 12.7. The normalized spacial score (nSPS) is 17.8. The monoisotopic (exact) mass is 244 g/mol. The summed E-state index contributed by atoms with van der Waals surface area (Å²) in [4.78, 5) is 2.38. The van der Waals surface area contributed by atoms with Crippen LogP contribution in [0.25, 0.3) is 0 Å². The van der Waals surface area contributed by atoms with Crippen LogP contribution in [0.3, 0.4) is 0 Å². The van der Waals surface area contributed by atoms with Gasteiger partial charge in [0.15, 0.2) is 0 Å². The minimum absolute atomic E-state index is 0.168. The van der Waals surface area contributed by atoms with Crippen LogP contribution in [-0.4, -0.2) is 47.8 Å². The van der Waals surface area contributed by atoms with Gasteiger partial charge in [0.1, 0.15) is 0 Å². The lowest BCUT2D eigenvalue weighted by Gasteiger charge is -2.35. The average molecular weight is 244 g/mol. The maximum atomic E-state index is 9.51. The van der Waals surface area contributed by atoms with E-state index in [2.05, 4.69) is 58.8 Å². The number of aliphatic hydroxyl groups excluding tert-OH is 1. The number of nitrogens with zero attached hydrogens (tertiary/aromatic N) is 1. The van der Waals surface area contributed by atoms with Crippen LogP contribution in [0, 0.1) is 5.92 Å². The van der Waals surface area contributed by atoms with Crippen molar-refractivity contribution in [3.63, 3.8) is 0 Å². The Labute approximate surface area is 108 Å². The number of rotatable bonds is 8. The molecule has 0 bridgehead atoms. The van der Waals surface area contributed by atoms with E-state index in [1.165, 1.54) is 0 Å². The molecule has 17 heavy (non-hydrogen) atoms. The van der Waals surface area contributed by atoms with E-state index in [1.54, 1.807) is 0 Å². The Balaban J connectivity index is 4.22. The van der Waals surface area contributed by atoms with E-state index in [-0.39, 0.29) is 12.1 Å². The van der Waals surface area contributed by atoms with Crippen molar-refractivity contribution in [3.8, 4) is 0 Å². The quantitative estimate of drug-likeness (QED) is 0.686. The first-order valence-electron chi connectivity index (χ1n) is 6.80. The van der Waals surface area contributed by atoms with Crippen molar-refractivity contribution in [3.05, 3.63) is 0 Å². The lowest BCUT2D eigenvalue weighted by molar-refractivity contribution is 0.127. The maximum Gasteiger partial charge on any atom is 0.0611 e. The van der Waals surface area contributed by atoms with Gasteiger partial charge < -0.3 is 15.3 Å². The fourth-order valence-corrected chi connectivity index (χ4v) is 2.03. The smallest absolute Gasteiger partial charge is 0.0611 e. The fraction of sp³-hybridized carbons (Fsp3) is 1.00. The molecule has 2 atom stereocenters. The summed E-state index contributed by atoms with van der Waals surface area (Å²) in [6, 6.07) is 0.983. The third-order valence-electron chi connectivity index (χ3n) is 3.66. The van der Waals surface area contributed by atoms with E-state index in [9.17, 15) is 5.11 Å². The second kappa shape index (κ2) is 7.34. The van der Waals surface area contributed by atoms with E-state index in [4.69, 9.17) is 0 Å². The molecule has 0 saturated heterocycles. The lowest BCUT2D eigenvalue weighted by atomic mass is 9.96. The van der Waals surface area contributed by atoms with Crippen LogP contribution in [-0.2, 0) is 0 Å². The molecule has 0 aliphatic carbocycles. The molecule has 0 saturated carbocycles. The SMILES string of the molecule is CC(C)NC(C)(CO)CCN(C)C(C)C(C)C. The molecule has 104 valence electrons. The largest absolute Gasteiger partial charge is 0.394 e. The van der Waals surface area contributed by atoms with Crippen molar-refractivity contribution < 1.29 is 5.11 Å². The van der Waals surface area contributed by atoms with E-state index in [0.717, 1.165) is 13.0 Å². The lowest BCUT2D eigenvalue weighted by Crippen LogP contribution is -2.51. The van der Waals surface area contributed by atoms with E-state index < -0.39 is 0 Å². The highest BCUT2D eigenvalue weighted by molar-refractivity contribution is 4.85. The Bertz CT molecular complexity index is 206. The Morgan fingerprint density at radius 1 is 1.18 bits per heavy atom. The number of nitrogens with one attached hydrogen (secondary N) is 1. The fourth-order valence-electron chi connectivity index (χ4n) is 2.03. The standard InChI is InChI=1S/C14H32N2O/c1-11(2)13(5)16(7)9-8-14(6,10-17)15-12(3)4/h11-13,15,17H,8-10H2,1-7H3. The first-order valence-corrected chi connectivity index (χ1v) is 6.80. The highest BCUT2D eigenvalue weighted by atomic mass is 16.3. The first-order chi connectivity index (χ1) is 7.72. The van der Waals surface area contributed by atoms with E-state index >= 15 is 0 Å². The van der Waals surface area contributed by atoms with E-state index in [0.29, 0.717) is 18.0 Å². The van der Waals surface area contributed by atoms with Crippen LogP contribution in [0.2, 0.25) is 0 Å². The summed E-state index contributed by atoms with van der Waals surface area (Å²) < 4.78 is 0. The number of hydrogen-bond acceptors (Lipinski definition) is 3. The van der Waals surface area contributed by atoms with E-state index in [1.807, 2.05) is 0 Å². The number of hydrogen-bond donors (Lipinski definition) is 2. The van der Waals surface area contributed by atoms with Gasteiger partial charge in [-0.3, -0.25) is 0 Å². The summed E-state index contributed by atoms with van der Waals surface area (Å²) in [6.07, 6.45) is 0.968. The summed E-state index contributed by atoms with van der Waals surface area (Å²) in [5.74, 6) is 0.665. The van der Waals surface area contributed by atoms with Crippen molar-refractivity contribution in [1.82, 2.24) is 10.2 Å². The van der Waals surface area contributed by atoms with Gasteiger partial charge in [0.05, 0.1) is 6.61 Å². The highest BCUT2D eigenvalue weighted by Gasteiger charge is 2.25. The van der Waals surface area contributed by atoms with Crippen LogP contribution in [0.5, 0.6) is 0 Å². The molecular formula is C14H32N2O. The zero-order chi connectivity index (χ0) is 13.6. The van der Waals surface area contributed by atoms with Gasteiger partial charge in [0.25, 0.3) is 0 Å². The predicted octanol–water partition coefficient (Wildman–Crippen LogP) is 2.10. The van der Waals surface area contributed by atoms with Crippen molar-refractivity contribution in [2.75, 3.05) is 20.2 Å². The van der Waals surface area contributed by atoms with Crippen LogP contribution in [0.4, 0.5) is 0 Å². The second-order valence-corrected chi connectivity index (χ2v) is 6.23. The highest BCUT2D eigenvalue weighted by Crippen LogP contribution is 2.14. The van der Waals surface area contributed by atoms with Crippen molar-refractivity contribution in [2.24, 2.45) is 5.92 Å². The van der Waals surface area contributed by atoms with Crippen LogP contribution >= 0.6 is 0 Å². The molecule has 0 spiro atoms. The molecule has 0 fully saturated rings. The molecule has 0 rings (SSSR count). The van der Waals surface area contributed by atoms with Crippen LogP contribution in [0.15, 0.2) is 0 Å². The minimum atomic E-state index is -0.168. The molecular weight excluding hydrogens is 212 g/mol. The van der Waals surface area contributed by atoms with Crippen molar-refractivity contribution in [1.29, 1.82) is 0 Å². The molecule has 2 unspecified atom stereocenters. The van der Waals surface area contributed by atoms with Crippen LogP contribution in [0.1, 0.15) is 48.0 Å². The molecule has 0 aromatic carbocycles. The summed E-state index contributed by atoms with van der Waals surface area (Å²) >= 11 is 0. The third-order valence-corrected chi connectivity index (χ3v) is 3.66. The van der Waals surface area contributed by atoms with Gasteiger partial charge >= 0.3 is 0 Å². The molecule has 0 aliphatic rings. The molecule has 0 aliphatic heterocycles. The van der Waals surface area contributed by atoms with Gasteiger partial charge in [0.2, 0.25) is 0 Å². The van der Waals surface area contributed by atoms with Gasteiger partial charge in [-0.15, -0.1) is 0 Å². The third kappa shape index (κ3) is 6.39. The Kier molecular flexibility index (Phi) is 7.29. The Morgan fingerprint density at radius 3 is 2.06 bits per heavy atom. The van der Waals surface area contributed by atoms with Gasteiger partial charge in [-0.1, -0.05) is 27.7 Å². The van der Waals surface area contributed by atoms with Crippen molar-refractivity contribution in [2.45, 2.75) is 65.6 Å². The molecule has 3 nitrogen and oxygen atoms in total.